The van der Waals surface area contributed by atoms with E-state index in [-0.39, 0.29) is 53.0 Å². The van der Waals surface area contributed by atoms with Crippen LogP contribution < -0.4 is 0 Å². The second kappa shape index (κ2) is 10.6. The van der Waals surface area contributed by atoms with E-state index in [1.54, 1.807) is 0 Å². The first-order chi connectivity index (χ1) is 14.4. The van der Waals surface area contributed by atoms with Crippen molar-refractivity contribution in [3.8, 4) is 0 Å². The fourth-order valence-electron chi connectivity index (χ4n) is 4.60. The zero-order valence-electron chi connectivity index (χ0n) is 20.9. The van der Waals surface area contributed by atoms with E-state index in [0.717, 1.165) is 32.1 Å². The summed E-state index contributed by atoms with van der Waals surface area (Å²) >= 11 is 0. The highest BCUT2D eigenvalue weighted by Crippen LogP contribution is 2.44. The van der Waals surface area contributed by atoms with Gasteiger partial charge in [0, 0.05) is 12.8 Å². The van der Waals surface area contributed by atoms with E-state index in [0.29, 0.717) is 6.42 Å². The van der Waals surface area contributed by atoms with E-state index in [9.17, 15) is 9.59 Å². The molecular weight excluding hydrogens is 408 g/mol. The van der Waals surface area contributed by atoms with Crippen molar-refractivity contribution in [1.29, 1.82) is 0 Å². The molecule has 31 heavy (non-hydrogen) atoms. The third kappa shape index (κ3) is 6.92. The summed E-state index contributed by atoms with van der Waals surface area (Å²) in [4.78, 5) is 24.6. The van der Waals surface area contributed by atoms with Crippen LogP contribution in [0.25, 0.3) is 0 Å². The summed E-state index contributed by atoms with van der Waals surface area (Å²) in [6, 6.07) is 0. The van der Waals surface area contributed by atoms with Crippen molar-refractivity contribution in [2.45, 2.75) is 117 Å². The van der Waals surface area contributed by atoms with Crippen LogP contribution in [0, 0.1) is 17.8 Å². The highest BCUT2D eigenvalue weighted by Gasteiger charge is 2.46. The Kier molecular flexibility index (Phi) is 8.97. The van der Waals surface area contributed by atoms with Gasteiger partial charge in [0.05, 0.1) is 12.5 Å². The maximum absolute atomic E-state index is 12.7. The smallest absolute Gasteiger partial charge is 0.306 e. The summed E-state index contributed by atoms with van der Waals surface area (Å²) in [5.74, 6) is -0.00589. The molecule has 1 fully saturated rings. The van der Waals surface area contributed by atoms with Crippen LogP contribution in [-0.2, 0) is 23.5 Å². The zero-order chi connectivity index (χ0) is 23.4. The summed E-state index contributed by atoms with van der Waals surface area (Å²) in [6.45, 7) is 17.0. The van der Waals surface area contributed by atoms with Crippen molar-refractivity contribution >= 4 is 20.3 Å². The molecule has 6 heteroatoms. The molecule has 0 amide bonds. The normalized spacial score (nSPS) is 33.1. The monoisotopic (exact) mass is 452 g/mol. The van der Waals surface area contributed by atoms with Gasteiger partial charge in [-0.2, -0.15) is 0 Å². The number of hydrogen-bond donors (Lipinski definition) is 0. The van der Waals surface area contributed by atoms with E-state index in [4.69, 9.17) is 13.9 Å². The molecular formula is C25H44O5Si. The quantitative estimate of drug-likeness (QED) is 0.296. The van der Waals surface area contributed by atoms with E-state index in [1.807, 2.05) is 0 Å². The van der Waals surface area contributed by atoms with E-state index < -0.39 is 8.32 Å². The average Bonchev–Trinajstić information content (AvgIpc) is 3.09. The Bertz CT molecular complexity index is 651. The Labute approximate surface area is 190 Å². The number of carbonyl (C=O) groups excluding carboxylic acids is 2. The first-order valence-corrected chi connectivity index (χ1v) is 15.0. The number of fused-ring (bicyclic) bond motifs is 1. The number of rotatable bonds is 4. The Balaban J connectivity index is 2.40. The van der Waals surface area contributed by atoms with Gasteiger partial charge >= 0.3 is 11.9 Å². The van der Waals surface area contributed by atoms with Gasteiger partial charge < -0.3 is 13.9 Å². The molecule has 6 atom stereocenters. The molecule has 0 aromatic carbocycles. The molecule has 1 aliphatic heterocycles. The number of esters is 2. The van der Waals surface area contributed by atoms with Gasteiger partial charge in [0.2, 0.25) is 0 Å². The van der Waals surface area contributed by atoms with Crippen LogP contribution in [0.5, 0.6) is 0 Å². The number of allylic oxidation sites excluding steroid dienone is 2. The minimum atomic E-state index is -2.07. The largest absolute Gasteiger partial charge is 0.462 e. The van der Waals surface area contributed by atoms with Crippen molar-refractivity contribution in [3.05, 3.63) is 12.2 Å². The molecule has 1 saturated heterocycles. The highest BCUT2D eigenvalue weighted by atomic mass is 28.4. The first kappa shape index (κ1) is 26.1. The fraction of sp³-hybridized carbons (Fsp3) is 0.840. The molecule has 0 radical (unpaired) electrons. The van der Waals surface area contributed by atoms with E-state index in [2.05, 4.69) is 59.9 Å². The minimum absolute atomic E-state index is 0.0564. The fourth-order valence-corrected chi connectivity index (χ4v) is 6.02. The Morgan fingerprint density at radius 3 is 2.52 bits per heavy atom. The van der Waals surface area contributed by atoms with Crippen LogP contribution in [0.1, 0.15) is 80.1 Å². The summed E-state index contributed by atoms with van der Waals surface area (Å²) < 4.78 is 18.7. The molecule has 2 rings (SSSR count). The highest BCUT2D eigenvalue weighted by molar-refractivity contribution is 6.74. The van der Waals surface area contributed by atoms with Gasteiger partial charge in [0.1, 0.15) is 12.2 Å². The predicted molar refractivity (Wildman–Crippen MR) is 126 cm³/mol. The van der Waals surface area contributed by atoms with Crippen LogP contribution in [-0.4, -0.2) is 38.6 Å². The molecule has 178 valence electrons. The van der Waals surface area contributed by atoms with Crippen LogP contribution in [0.15, 0.2) is 12.2 Å². The summed E-state index contributed by atoms with van der Waals surface area (Å²) in [7, 11) is -2.07. The molecule has 0 N–H and O–H groups in total. The minimum Gasteiger partial charge on any atom is -0.462 e. The molecule has 0 aromatic heterocycles. The van der Waals surface area contributed by atoms with Gasteiger partial charge in [0.25, 0.3) is 0 Å². The molecule has 1 aliphatic carbocycles. The standard InChI is InChI=1S/C25H44O5Si/c1-9-20-13-11-15-22(28-18(3)26)17(2)24(30-31(7,8)25(4,5)6)21-14-10-12-19(21)16-23(27)29-20/h10,12,17,19-22,24H,9,11,13-16H2,1-8H3/t17-,19-,20+,21-,22-,24+/m1/s1. The predicted octanol–water partition coefficient (Wildman–Crippen LogP) is 6.03. The number of ether oxygens (including phenoxy) is 2. The topological polar surface area (TPSA) is 61.8 Å². The molecule has 0 saturated carbocycles. The molecule has 2 aliphatic rings. The van der Waals surface area contributed by atoms with Crippen molar-refractivity contribution in [2.24, 2.45) is 17.8 Å². The van der Waals surface area contributed by atoms with Crippen molar-refractivity contribution in [3.63, 3.8) is 0 Å². The Morgan fingerprint density at radius 2 is 1.94 bits per heavy atom. The maximum Gasteiger partial charge on any atom is 0.306 e. The number of carbonyl (C=O) groups is 2. The maximum atomic E-state index is 12.7. The molecule has 0 spiro atoms. The lowest BCUT2D eigenvalue weighted by Crippen LogP contribution is -2.51. The van der Waals surface area contributed by atoms with Gasteiger partial charge in [-0.25, -0.2) is 0 Å². The Morgan fingerprint density at radius 1 is 1.26 bits per heavy atom. The lowest BCUT2D eigenvalue weighted by atomic mass is 9.79. The van der Waals surface area contributed by atoms with Crippen molar-refractivity contribution in [1.82, 2.24) is 0 Å². The van der Waals surface area contributed by atoms with Crippen LogP contribution in [0.4, 0.5) is 0 Å². The van der Waals surface area contributed by atoms with Gasteiger partial charge in [-0.05, 0) is 62.1 Å². The summed E-state index contributed by atoms with van der Waals surface area (Å²) in [5.41, 5.74) is 0. The van der Waals surface area contributed by atoms with Gasteiger partial charge in [-0.1, -0.05) is 46.8 Å². The lowest BCUT2D eigenvalue weighted by molar-refractivity contribution is -0.154. The molecule has 0 unspecified atom stereocenters. The first-order valence-electron chi connectivity index (χ1n) is 12.1. The average molecular weight is 453 g/mol. The molecule has 0 aromatic rings. The van der Waals surface area contributed by atoms with E-state index >= 15 is 0 Å². The Hall–Kier alpha value is -1.14. The van der Waals surface area contributed by atoms with Crippen molar-refractivity contribution in [2.75, 3.05) is 0 Å². The molecule has 0 bridgehead atoms. The second-order valence-corrected chi connectivity index (χ2v) is 15.8. The molecule has 1 heterocycles. The van der Waals surface area contributed by atoms with Crippen molar-refractivity contribution < 1.29 is 23.5 Å². The summed E-state index contributed by atoms with van der Waals surface area (Å²) in [6.07, 6.45) is 8.49. The number of cyclic esters (lactones) is 1. The third-order valence-corrected chi connectivity index (χ3v) is 12.1. The second-order valence-electron chi connectivity index (χ2n) is 11.0. The number of hydrogen-bond acceptors (Lipinski definition) is 5. The molecule has 5 nitrogen and oxygen atoms in total. The van der Waals surface area contributed by atoms with Gasteiger partial charge in [-0.3, -0.25) is 9.59 Å². The van der Waals surface area contributed by atoms with Crippen LogP contribution in [0.2, 0.25) is 18.1 Å². The van der Waals surface area contributed by atoms with Gasteiger partial charge in [-0.15, -0.1) is 0 Å². The van der Waals surface area contributed by atoms with Gasteiger partial charge in [0.15, 0.2) is 8.32 Å². The SMILES string of the molecule is CC[C@H]1CCC[C@@H](OC(C)=O)[C@@H](C)[C@H](O[Si](C)(C)C(C)(C)C)[C@@H]2CC=C[C@@H]2CC(=O)O1. The van der Waals surface area contributed by atoms with Crippen LogP contribution >= 0.6 is 0 Å². The van der Waals surface area contributed by atoms with E-state index in [1.165, 1.54) is 6.92 Å². The lowest BCUT2D eigenvalue weighted by Gasteiger charge is -2.45. The zero-order valence-corrected chi connectivity index (χ0v) is 21.9. The third-order valence-electron chi connectivity index (χ3n) is 7.59. The summed E-state index contributed by atoms with van der Waals surface area (Å²) in [5, 5.41) is 0.0716. The van der Waals surface area contributed by atoms with Crippen LogP contribution in [0.3, 0.4) is 0 Å².